The van der Waals surface area contributed by atoms with Gasteiger partial charge in [0.2, 0.25) is 0 Å². The van der Waals surface area contributed by atoms with Crippen LogP contribution in [0.1, 0.15) is 11.1 Å². The number of piperazine rings is 1. The largest absolute Gasteiger partial charge is 0.360 e. The first kappa shape index (κ1) is 19.0. The van der Waals surface area contributed by atoms with Crippen molar-refractivity contribution in [1.29, 1.82) is 0 Å². The zero-order valence-electron chi connectivity index (χ0n) is 14.9. The lowest BCUT2D eigenvalue weighted by atomic mass is 10.1. The molecule has 138 valence electrons. The van der Waals surface area contributed by atoms with Crippen molar-refractivity contribution in [3.05, 3.63) is 63.6 Å². The molecule has 0 aliphatic carbocycles. The molecule has 4 nitrogen and oxygen atoms in total. The Hall–Kier alpha value is -1.75. The SMILES string of the molecule is Cc1ccc(Cl)cc1N1CC[NH+](CC(=O)NCc2cccc(Cl)c2)CC1. The smallest absolute Gasteiger partial charge is 0.275 e. The first-order chi connectivity index (χ1) is 12.5. The van der Waals surface area contributed by atoms with Gasteiger partial charge in [0.15, 0.2) is 6.54 Å². The molecule has 0 atom stereocenters. The fourth-order valence-corrected chi connectivity index (χ4v) is 3.68. The number of aryl methyl sites for hydroxylation is 1. The van der Waals surface area contributed by atoms with E-state index in [4.69, 9.17) is 23.2 Å². The van der Waals surface area contributed by atoms with Crippen molar-refractivity contribution < 1.29 is 9.69 Å². The predicted octanol–water partition coefficient (Wildman–Crippen LogP) is 2.32. The van der Waals surface area contributed by atoms with Gasteiger partial charge in [0, 0.05) is 22.3 Å². The second kappa shape index (κ2) is 8.76. The van der Waals surface area contributed by atoms with E-state index in [0.717, 1.165) is 36.8 Å². The summed E-state index contributed by atoms with van der Waals surface area (Å²) in [5, 5.41) is 4.44. The van der Waals surface area contributed by atoms with Gasteiger partial charge in [-0.3, -0.25) is 4.79 Å². The third kappa shape index (κ3) is 5.13. The van der Waals surface area contributed by atoms with Gasteiger partial charge < -0.3 is 15.1 Å². The minimum absolute atomic E-state index is 0.0763. The summed E-state index contributed by atoms with van der Waals surface area (Å²) in [7, 11) is 0. The van der Waals surface area contributed by atoms with Crippen LogP contribution in [-0.2, 0) is 11.3 Å². The molecule has 0 aromatic heterocycles. The molecule has 3 rings (SSSR count). The van der Waals surface area contributed by atoms with E-state index in [2.05, 4.69) is 23.2 Å². The Bertz CT molecular complexity index is 773. The molecule has 2 aromatic carbocycles. The number of anilines is 1. The van der Waals surface area contributed by atoms with Gasteiger partial charge in [-0.1, -0.05) is 41.4 Å². The molecular formula is C20H24Cl2N3O+. The maximum absolute atomic E-state index is 12.2. The molecule has 1 aliphatic rings. The van der Waals surface area contributed by atoms with Crippen molar-refractivity contribution in [2.75, 3.05) is 37.6 Å². The van der Waals surface area contributed by atoms with E-state index < -0.39 is 0 Å². The van der Waals surface area contributed by atoms with E-state index in [9.17, 15) is 4.79 Å². The molecule has 1 amide bonds. The minimum atomic E-state index is 0.0763. The van der Waals surface area contributed by atoms with Crippen molar-refractivity contribution in [2.24, 2.45) is 0 Å². The Morgan fingerprint density at radius 2 is 1.85 bits per heavy atom. The number of carbonyl (C=O) groups is 1. The van der Waals surface area contributed by atoms with Crippen LogP contribution in [-0.4, -0.2) is 38.6 Å². The molecule has 2 N–H and O–H groups in total. The van der Waals surface area contributed by atoms with Crippen LogP contribution in [0.3, 0.4) is 0 Å². The van der Waals surface area contributed by atoms with Crippen LogP contribution in [0, 0.1) is 6.92 Å². The molecule has 1 heterocycles. The molecule has 0 unspecified atom stereocenters. The highest BCUT2D eigenvalue weighted by molar-refractivity contribution is 6.31. The van der Waals surface area contributed by atoms with Crippen molar-refractivity contribution in [2.45, 2.75) is 13.5 Å². The highest BCUT2D eigenvalue weighted by Crippen LogP contribution is 2.24. The van der Waals surface area contributed by atoms with Crippen molar-refractivity contribution in [3.8, 4) is 0 Å². The topological polar surface area (TPSA) is 36.8 Å². The van der Waals surface area contributed by atoms with E-state index in [1.807, 2.05) is 36.4 Å². The monoisotopic (exact) mass is 392 g/mol. The average molecular weight is 393 g/mol. The molecule has 1 aliphatic heterocycles. The second-order valence-corrected chi connectivity index (χ2v) is 7.62. The molecule has 2 aromatic rings. The molecule has 1 fully saturated rings. The Balaban J connectivity index is 1.46. The standard InChI is InChI=1S/C20H23Cl2N3O/c1-15-5-6-18(22)12-19(15)25-9-7-24(8-10-25)14-20(26)23-13-16-3-2-4-17(21)11-16/h2-6,11-12H,7-10,13-14H2,1H3,(H,23,26)/p+1. The van der Waals surface area contributed by atoms with E-state index in [1.54, 1.807) is 0 Å². The average Bonchev–Trinajstić information content (AvgIpc) is 2.63. The van der Waals surface area contributed by atoms with Gasteiger partial charge in [-0.05, 0) is 42.3 Å². The number of hydrogen-bond acceptors (Lipinski definition) is 2. The van der Waals surface area contributed by atoms with Gasteiger partial charge in [0.25, 0.3) is 5.91 Å². The summed E-state index contributed by atoms with van der Waals surface area (Å²) >= 11 is 12.1. The molecule has 26 heavy (non-hydrogen) atoms. The quantitative estimate of drug-likeness (QED) is 0.818. The highest BCUT2D eigenvalue weighted by Gasteiger charge is 2.23. The van der Waals surface area contributed by atoms with Crippen LogP contribution in [0.5, 0.6) is 0 Å². The molecule has 0 spiro atoms. The van der Waals surface area contributed by atoms with Crippen LogP contribution >= 0.6 is 23.2 Å². The number of benzene rings is 2. The number of halogens is 2. The number of amides is 1. The predicted molar refractivity (Wildman–Crippen MR) is 107 cm³/mol. The van der Waals surface area contributed by atoms with Crippen LogP contribution in [0.4, 0.5) is 5.69 Å². The summed E-state index contributed by atoms with van der Waals surface area (Å²) < 4.78 is 0. The number of rotatable bonds is 5. The zero-order valence-corrected chi connectivity index (χ0v) is 16.4. The fraction of sp³-hybridized carbons (Fsp3) is 0.350. The number of quaternary nitrogens is 1. The Kier molecular flexibility index (Phi) is 6.41. The Morgan fingerprint density at radius 3 is 2.58 bits per heavy atom. The summed E-state index contributed by atoms with van der Waals surface area (Å²) in [6.45, 7) is 6.86. The van der Waals surface area contributed by atoms with Crippen molar-refractivity contribution in [1.82, 2.24) is 5.32 Å². The summed E-state index contributed by atoms with van der Waals surface area (Å²) in [5.41, 5.74) is 3.45. The summed E-state index contributed by atoms with van der Waals surface area (Å²) in [5.74, 6) is 0.0763. The van der Waals surface area contributed by atoms with Crippen LogP contribution in [0.25, 0.3) is 0 Å². The van der Waals surface area contributed by atoms with Gasteiger partial charge >= 0.3 is 0 Å². The first-order valence-corrected chi connectivity index (χ1v) is 9.62. The summed E-state index contributed by atoms with van der Waals surface area (Å²) in [4.78, 5) is 15.9. The van der Waals surface area contributed by atoms with Crippen LogP contribution < -0.4 is 15.1 Å². The maximum atomic E-state index is 12.2. The lowest BCUT2D eigenvalue weighted by Crippen LogP contribution is -3.15. The number of nitrogens with zero attached hydrogens (tertiary/aromatic N) is 1. The highest BCUT2D eigenvalue weighted by atomic mass is 35.5. The number of nitrogens with one attached hydrogen (secondary N) is 2. The van der Waals surface area contributed by atoms with Crippen LogP contribution in [0.15, 0.2) is 42.5 Å². The van der Waals surface area contributed by atoms with Crippen molar-refractivity contribution in [3.63, 3.8) is 0 Å². The van der Waals surface area contributed by atoms with E-state index >= 15 is 0 Å². The minimum Gasteiger partial charge on any atom is -0.360 e. The van der Waals surface area contributed by atoms with Crippen LogP contribution in [0.2, 0.25) is 10.0 Å². The zero-order chi connectivity index (χ0) is 18.5. The summed E-state index contributed by atoms with van der Waals surface area (Å²) in [6, 6.07) is 13.6. The van der Waals surface area contributed by atoms with Gasteiger partial charge in [0.05, 0.1) is 26.2 Å². The lowest BCUT2D eigenvalue weighted by Gasteiger charge is -2.34. The maximum Gasteiger partial charge on any atom is 0.275 e. The molecule has 1 saturated heterocycles. The fourth-order valence-electron chi connectivity index (χ4n) is 3.30. The van der Waals surface area contributed by atoms with E-state index in [-0.39, 0.29) is 5.91 Å². The molecule has 0 radical (unpaired) electrons. The molecule has 6 heteroatoms. The van der Waals surface area contributed by atoms with Gasteiger partial charge in [0.1, 0.15) is 0 Å². The Labute approximate surface area is 164 Å². The molecular weight excluding hydrogens is 369 g/mol. The van der Waals surface area contributed by atoms with Gasteiger partial charge in [-0.2, -0.15) is 0 Å². The number of carbonyl (C=O) groups excluding carboxylic acids is 1. The molecule has 0 bridgehead atoms. The third-order valence-electron chi connectivity index (χ3n) is 4.77. The lowest BCUT2D eigenvalue weighted by molar-refractivity contribution is -0.892. The second-order valence-electron chi connectivity index (χ2n) is 6.75. The van der Waals surface area contributed by atoms with Gasteiger partial charge in [-0.25, -0.2) is 0 Å². The summed E-state index contributed by atoms with van der Waals surface area (Å²) in [6.07, 6.45) is 0. The van der Waals surface area contributed by atoms with E-state index in [0.29, 0.717) is 18.1 Å². The Morgan fingerprint density at radius 1 is 1.12 bits per heavy atom. The number of hydrogen-bond donors (Lipinski definition) is 2. The first-order valence-electron chi connectivity index (χ1n) is 8.87. The van der Waals surface area contributed by atoms with Crippen molar-refractivity contribution >= 4 is 34.8 Å². The molecule has 0 saturated carbocycles. The van der Waals surface area contributed by atoms with Gasteiger partial charge in [-0.15, -0.1) is 0 Å². The third-order valence-corrected chi connectivity index (χ3v) is 5.24. The normalized spacial score (nSPS) is 15.1. The van der Waals surface area contributed by atoms with E-state index in [1.165, 1.54) is 16.2 Å².